The summed E-state index contributed by atoms with van der Waals surface area (Å²) in [5.74, 6) is 1.56. The molecule has 88 valence electrons. The lowest BCUT2D eigenvalue weighted by molar-refractivity contribution is -0.203. The van der Waals surface area contributed by atoms with Crippen molar-refractivity contribution in [2.24, 2.45) is 11.8 Å². The summed E-state index contributed by atoms with van der Waals surface area (Å²) in [6, 6.07) is 0. The molecular formula is C14H20O2. The molecule has 16 heavy (non-hydrogen) atoms. The van der Waals surface area contributed by atoms with Gasteiger partial charge in [0.1, 0.15) is 11.2 Å². The highest BCUT2D eigenvalue weighted by Gasteiger charge is 2.59. The standard InChI is InChI=1S/C14H20O2/c1-3-15-13-6-11-5-12(7-13)9-14(8-11,10-13)16-4-2/h3-4,11-12H,1-2,5-10H2. The first-order chi connectivity index (χ1) is 7.69. The van der Waals surface area contributed by atoms with E-state index >= 15 is 0 Å². The van der Waals surface area contributed by atoms with Crippen molar-refractivity contribution in [1.29, 1.82) is 0 Å². The van der Waals surface area contributed by atoms with Crippen LogP contribution in [0.25, 0.3) is 0 Å². The molecule has 2 nitrogen and oxygen atoms in total. The van der Waals surface area contributed by atoms with Crippen molar-refractivity contribution < 1.29 is 9.47 Å². The van der Waals surface area contributed by atoms with Gasteiger partial charge in [0.2, 0.25) is 0 Å². The van der Waals surface area contributed by atoms with Crippen LogP contribution in [0.4, 0.5) is 0 Å². The molecule has 4 aliphatic rings. The summed E-state index contributed by atoms with van der Waals surface area (Å²) in [5, 5.41) is 0. The third-order valence-corrected chi connectivity index (χ3v) is 4.62. The molecule has 0 spiro atoms. The summed E-state index contributed by atoms with van der Waals surface area (Å²) in [4.78, 5) is 0. The highest BCUT2D eigenvalue weighted by atomic mass is 16.5. The van der Waals surface area contributed by atoms with E-state index in [-0.39, 0.29) is 11.2 Å². The molecule has 0 unspecified atom stereocenters. The van der Waals surface area contributed by atoms with Crippen LogP contribution >= 0.6 is 0 Å². The molecule has 0 aromatic carbocycles. The molecule has 4 fully saturated rings. The Bertz CT molecular complexity index is 279. The maximum Gasteiger partial charge on any atom is 0.112 e. The van der Waals surface area contributed by atoms with Gasteiger partial charge in [0.15, 0.2) is 0 Å². The number of hydrogen-bond donors (Lipinski definition) is 0. The molecule has 0 N–H and O–H groups in total. The van der Waals surface area contributed by atoms with Crippen LogP contribution in [0.3, 0.4) is 0 Å². The predicted molar refractivity (Wildman–Crippen MR) is 62.7 cm³/mol. The number of ether oxygens (including phenoxy) is 2. The molecule has 0 atom stereocenters. The fourth-order valence-electron chi connectivity index (χ4n) is 4.73. The van der Waals surface area contributed by atoms with E-state index in [1.54, 1.807) is 12.5 Å². The van der Waals surface area contributed by atoms with E-state index in [2.05, 4.69) is 13.2 Å². The van der Waals surface area contributed by atoms with Crippen molar-refractivity contribution in [2.45, 2.75) is 49.7 Å². The zero-order valence-corrected chi connectivity index (χ0v) is 9.78. The van der Waals surface area contributed by atoms with Gasteiger partial charge in [-0.2, -0.15) is 0 Å². The first-order valence-corrected chi connectivity index (χ1v) is 6.27. The van der Waals surface area contributed by atoms with Crippen LogP contribution in [0, 0.1) is 11.8 Å². The fourth-order valence-corrected chi connectivity index (χ4v) is 4.73. The first kappa shape index (κ1) is 10.2. The minimum Gasteiger partial charge on any atom is -0.495 e. The van der Waals surface area contributed by atoms with Gasteiger partial charge in [-0.05, 0) is 43.9 Å². The average molecular weight is 220 g/mol. The molecule has 0 radical (unpaired) electrons. The Balaban J connectivity index is 1.90. The Kier molecular flexibility index (Phi) is 2.10. The van der Waals surface area contributed by atoms with Crippen molar-refractivity contribution in [3.8, 4) is 0 Å². The molecule has 0 saturated heterocycles. The van der Waals surface area contributed by atoms with E-state index in [1.807, 2.05) is 0 Å². The summed E-state index contributed by atoms with van der Waals surface area (Å²) >= 11 is 0. The highest BCUT2D eigenvalue weighted by molar-refractivity contribution is 5.11. The van der Waals surface area contributed by atoms with E-state index in [4.69, 9.17) is 9.47 Å². The Labute approximate surface area is 97.3 Å². The third kappa shape index (κ3) is 1.39. The quantitative estimate of drug-likeness (QED) is 0.676. The lowest BCUT2D eigenvalue weighted by Crippen LogP contribution is -2.60. The molecule has 0 heterocycles. The minimum atomic E-state index is 0.0227. The molecule has 4 aliphatic carbocycles. The van der Waals surface area contributed by atoms with Crippen molar-refractivity contribution in [1.82, 2.24) is 0 Å². The second kappa shape index (κ2) is 3.28. The third-order valence-electron chi connectivity index (χ3n) is 4.62. The van der Waals surface area contributed by atoms with Gasteiger partial charge >= 0.3 is 0 Å². The van der Waals surface area contributed by atoms with Crippen LogP contribution in [0.15, 0.2) is 25.7 Å². The van der Waals surface area contributed by atoms with E-state index in [9.17, 15) is 0 Å². The van der Waals surface area contributed by atoms with Gasteiger partial charge < -0.3 is 9.47 Å². The highest BCUT2D eigenvalue weighted by Crippen LogP contribution is 2.60. The number of rotatable bonds is 4. The van der Waals surface area contributed by atoms with Crippen LogP contribution in [-0.2, 0) is 9.47 Å². The Morgan fingerprint density at radius 2 is 1.31 bits per heavy atom. The van der Waals surface area contributed by atoms with Gasteiger partial charge in [0, 0.05) is 6.42 Å². The van der Waals surface area contributed by atoms with Gasteiger partial charge in [-0.3, -0.25) is 0 Å². The zero-order valence-electron chi connectivity index (χ0n) is 9.78. The maximum atomic E-state index is 5.86. The topological polar surface area (TPSA) is 18.5 Å². The Morgan fingerprint density at radius 3 is 1.69 bits per heavy atom. The zero-order chi connectivity index (χ0) is 11.2. The molecule has 2 heteroatoms. The average Bonchev–Trinajstić information content (AvgIpc) is 2.14. The van der Waals surface area contributed by atoms with E-state index < -0.39 is 0 Å². The van der Waals surface area contributed by atoms with E-state index in [0.29, 0.717) is 0 Å². The normalized spacial score (nSPS) is 48.8. The van der Waals surface area contributed by atoms with Gasteiger partial charge in [-0.25, -0.2) is 0 Å². The van der Waals surface area contributed by atoms with E-state index in [1.165, 1.54) is 32.1 Å². The summed E-state index contributed by atoms with van der Waals surface area (Å²) < 4.78 is 11.7. The van der Waals surface area contributed by atoms with Crippen LogP contribution < -0.4 is 0 Å². The number of hydrogen-bond acceptors (Lipinski definition) is 2. The van der Waals surface area contributed by atoms with Gasteiger partial charge in [-0.1, -0.05) is 13.2 Å². The van der Waals surface area contributed by atoms with Crippen LogP contribution in [0.5, 0.6) is 0 Å². The fraction of sp³-hybridized carbons (Fsp3) is 0.714. The Morgan fingerprint density at radius 1 is 0.875 bits per heavy atom. The largest absolute Gasteiger partial charge is 0.495 e. The van der Waals surface area contributed by atoms with Gasteiger partial charge in [0.05, 0.1) is 12.5 Å². The van der Waals surface area contributed by atoms with E-state index in [0.717, 1.165) is 18.3 Å². The molecule has 0 aliphatic heterocycles. The molecule has 0 aromatic rings. The lowest BCUT2D eigenvalue weighted by atomic mass is 9.52. The van der Waals surface area contributed by atoms with Crippen molar-refractivity contribution in [2.75, 3.05) is 0 Å². The monoisotopic (exact) mass is 220 g/mol. The molecule has 0 aromatic heterocycles. The predicted octanol–water partition coefficient (Wildman–Crippen LogP) is 3.40. The van der Waals surface area contributed by atoms with Crippen LogP contribution in [0.1, 0.15) is 38.5 Å². The first-order valence-electron chi connectivity index (χ1n) is 6.27. The Hall–Kier alpha value is -0.920. The molecule has 4 saturated carbocycles. The second-order valence-electron chi connectivity index (χ2n) is 5.90. The SMILES string of the molecule is C=COC12CC3CC(C1)CC(OC=C)(C3)C2. The second-order valence-corrected chi connectivity index (χ2v) is 5.90. The van der Waals surface area contributed by atoms with Crippen molar-refractivity contribution >= 4 is 0 Å². The van der Waals surface area contributed by atoms with Gasteiger partial charge in [0.25, 0.3) is 0 Å². The van der Waals surface area contributed by atoms with Gasteiger partial charge in [-0.15, -0.1) is 0 Å². The lowest BCUT2D eigenvalue weighted by Gasteiger charge is -2.60. The van der Waals surface area contributed by atoms with Crippen molar-refractivity contribution in [3.05, 3.63) is 25.7 Å². The molecule has 4 rings (SSSR count). The molecular weight excluding hydrogens is 200 g/mol. The maximum absolute atomic E-state index is 5.86. The summed E-state index contributed by atoms with van der Waals surface area (Å²) in [6.45, 7) is 7.44. The summed E-state index contributed by atoms with van der Waals surface area (Å²) in [5.41, 5.74) is 0.0453. The summed E-state index contributed by atoms with van der Waals surface area (Å²) in [7, 11) is 0. The minimum absolute atomic E-state index is 0.0227. The molecule has 0 amide bonds. The summed E-state index contributed by atoms with van der Waals surface area (Å²) in [6.07, 6.45) is 10.4. The van der Waals surface area contributed by atoms with Crippen LogP contribution in [0.2, 0.25) is 0 Å². The van der Waals surface area contributed by atoms with Crippen LogP contribution in [-0.4, -0.2) is 11.2 Å². The van der Waals surface area contributed by atoms with Crippen molar-refractivity contribution in [3.63, 3.8) is 0 Å². The molecule has 4 bridgehead atoms. The smallest absolute Gasteiger partial charge is 0.112 e.